The third-order valence-electron chi connectivity index (χ3n) is 4.25. The zero-order valence-electron chi connectivity index (χ0n) is 13.0. The lowest BCUT2D eigenvalue weighted by atomic mass is 9.97. The molecule has 1 aliphatic heterocycles. The molecule has 1 aliphatic rings. The topological polar surface area (TPSA) is 18.5 Å². The SMILES string of the molecule is CN1CCC(CN(C)CCNCc2ccccc2)CC1. The van der Waals surface area contributed by atoms with Crippen LogP contribution in [-0.2, 0) is 6.54 Å². The predicted octanol–water partition coefficient (Wildman–Crippen LogP) is 2.05. The fraction of sp³-hybridized carbons (Fsp3) is 0.647. The molecule has 3 heteroatoms. The largest absolute Gasteiger partial charge is 0.311 e. The molecule has 3 nitrogen and oxygen atoms in total. The molecule has 0 unspecified atom stereocenters. The van der Waals surface area contributed by atoms with Crippen LogP contribution in [0.25, 0.3) is 0 Å². The monoisotopic (exact) mass is 275 g/mol. The van der Waals surface area contributed by atoms with Gasteiger partial charge in [0.25, 0.3) is 0 Å². The van der Waals surface area contributed by atoms with Crippen LogP contribution in [0.1, 0.15) is 18.4 Å². The third-order valence-corrected chi connectivity index (χ3v) is 4.25. The maximum absolute atomic E-state index is 3.53. The summed E-state index contributed by atoms with van der Waals surface area (Å²) in [6.07, 6.45) is 2.72. The molecule has 0 spiro atoms. The van der Waals surface area contributed by atoms with Gasteiger partial charge in [-0.2, -0.15) is 0 Å². The predicted molar refractivity (Wildman–Crippen MR) is 85.9 cm³/mol. The number of nitrogens with zero attached hydrogens (tertiary/aromatic N) is 2. The molecule has 0 saturated carbocycles. The summed E-state index contributed by atoms with van der Waals surface area (Å²) >= 11 is 0. The highest BCUT2D eigenvalue weighted by Gasteiger charge is 2.17. The molecule has 0 aliphatic carbocycles. The molecule has 0 radical (unpaired) electrons. The van der Waals surface area contributed by atoms with E-state index in [9.17, 15) is 0 Å². The molecule has 0 atom stereocenters. The van der Waals surface area contributed by atoms with Crippen molar-refractivity contribution < 1.29 is 0 Å². The average Bonchev–Trinajstić information content (AvgIpc) is 2.47. The summed E-state index contributed by atoms with van der Waals surface area (Å²) in [5, 5.41) is 3.53. The van der Waals surface area contributed by atoms with Crippen LogP contribution in [0.4, 0.5) is 0 Å². The molecule has 1 aromatic carbocycles. The summed E-state index contributed by atoms with van der Waals surface area (Å²) in [6, 6.07) is 10.6. The molecule has 2 rings (SSSR count). The standard InChI is InChI=1S/C17H29N3/c1-19-11-8-17(9-12-19)15-20(2)13-10-18-14-16-6-4-3-5-7-16/h3-7,17-18H,8-15H2,1-2H3. The van der Waals surface area contributed by atoms with Crippen molar-refractivity contribution in [2.75, 3.05) is 46.8 Å². The van der Waals surface area contributed by atoms with Gasteiger partial charge in [-0.1, -0.05) is 30.3 Å². The Labute approximate surface area is 124 Å². The van der Waals surface area contributed by atoms with Crippen LogP contribution in [0, 0.1) is 5.92 Å². The van der Waals surface area contributed by atoms with Crippen LogP contribution < -0.4 is 5.32 Å². The molecule has 0 amide bonds. The molecule has 1 fully saturated rings. The normalized spacial score (nSPS) is 17.8. The Morgan fingerprint density at radius 1 is 1.20 bits per heavy atom. The fourth-order valence-corrected chi connectivity index (χ4v) is 2.88. The number of likely N-dealkylation sites (tertiary alicyclic amines) is 1. The molecule has 112 valence electrons. The molecule has 1 heterocycles. The van der Waals surface area contributed by atoms with Crippen LogP contribution in [-0.4, -0.2) is 56.6 Å². The maximum Gasteiger partial charge on any atom is 0.0206 e. The average molecular weight is 275 g/mol. The first-order chi connectivity index (χ1) is 9.74. The minimum absolute atomic E-state index is 0.894. The molecule has 1 saturated heterocycles. The van der Waals surface area contributed by atoms with E-state index in [0.29, 0.717) is 0 Å². The van der Waals surface area contributed by atoms with Crippen molar-refractivity contribution in [3.8, 4) is 0 Å². The number of benzene rings is 1. The first kappa shape index (κ1) is 15.5. The second kappa shape index (κ2) is 8.40. The van der Waals surface area contributed by atoms with Crippen LogP contribution >= 0.6 is 0 Å². The van der Waals surface area contributed by atoms with E-state index in [1.807, 2.05) is 0 Å². The number of piperidine rings is 1. The minimum atomic E-state index is 0.894. The highest BCUT2D eigenvalue weighted by Crippen LogP contribution is 2.16. The van der Waals surface area contributed by atoms with Crippen LogP contribution in [0.3, 0.4) is 0 Å². The van der Waals surface area contributed by atoms with E-state index in [4.69, 9.17) is 0 Å². The maximum atomic E-state index is 3.53. The Morgan fingerprint density at radius 3 is 2.60 bits per heavy atom. The van der Waals surface area contributed by atoms with E-state index in [0.717, 1.165) is 25.6 Å². The van der Waals surface area contributed by atoms with Gasteiger partial charge in [-0.25, -0.2) is 0 Å². The summed E-state index contributed by atoms with van der Waals surface area (Å²) in [6.45, 7) is 6.97. The summed E-state index contributed by atoms with van der Waals surface area (Å²) in [7, 11) is 4.48. The quantitative estimate of drug-likeness (QED) is 0.768. The zero-order chi connectivity index (χ0) is 14.2. The summed E-state index contributed by atoms with van der Waals surface area (Å²) in [5.41, 5.74) is 1.37. The molecule has 1 aromatic rings. The van der Waals surface area contributed by atoms with E-state index < -0.39 is 0 Å². The third kappa shape index (κ3) is 5.61. The first-order valence-corrected chi connectivity index (χ1v) is 7.86. The lowest BCUT2D eigenvalue weighted by Gasteiger charge is -2.31. The van der Waals surface area contributed by atoms with Crippen LogP contribution in [0.5, 0.6) is 0 Å². The van der Waals surface area contributed by atoms with E-state index in [1.54, 1.807) is 0 Å². The highest BCUT2D eigenvalue weighted by atomic mass is 15.1. The minimum Gasteiger partial charge on any atom is -0.311 e. The van der Waals surface area contributed by atoms with Gasteiger partial charge in [0, 0.05) is 26.2 Å². The van der Waals surface area contributed by atoms with Crippen molar-refractivity contribution >= 4 is 0 Å². The Balaban J connectivity index is 1.55. The van der Waals surface area contributed by atoms with Gasteiger partial charge in [-0.3, -0.25) is 0 Å². The summed E-state index contributed by atoms with van der Waals surface area (Å²) in [4.78, 5) is 4.92. The molecular weight excluding hydrogens is 246 g/mol. The number of hydrogen-bond acceptors (Lipinski definition) is 3. The van der Waals surface area contributed by atoms with Crippen molar-refractivity contribution in [3.05, 3.63) is 35.9 Å². The Bertz CT molecular complexity index is 358. The highest BCUT2D eigenvalue weighted by molar-refractivity contribution is 5.14. The van der Waals surface area contributed by atoms with Gasteiger partial charge >= 0.3 is 0 Å². The number of likely N-dealkylation sites (N-methyl/N-ethyl adjacent to an activating group) is 1. The van der Waals surface area contributed by atoms with E-state index >= 15 is 0 Å². The second-order valence-electron chi connectivity index (χ2n) is 6.17. The number of hydrogen-bond donors (Lipinski definition) is 1. The van der Waals surface area contributed by atoms with Crippen molar-refractivity contribution in [1.29, 1.82) is 0 Å². The second-order valence-corrected chi connectivity index (χ2v) is 6.17. The molecule has 0 aromatic heterocycles. The van der Waals surface area contributed by atoms with Crippen molar-refractivity contribution in [2.24, 2.45) is 5.92 Å². The van der Waals surface area contributed by atoms with Gasteiger partial charge in [-0.15, -0.1) is 0 Å². The fourth-order valence-electron chi connectivity index (χ4n) is 2.88. The first-order valence-electron chi connectivity index (χ1n) is 7.86. The van der Waals surface area contributed by atoms with Gasteiger partial charge in [0.2, 0.25) is 0 Å². The Hall–Kier alpha value is -0.900. The summed E-state index contributed by atoms with van der Waals surface area (Å²) in [5.74, 6) is 0.894. The smallest absolute Gasteiger partial charge is 0.0206 e. The summed E-state index contributed by atoms with van der Waals surface area (Å²) < 4.78 is 0. The molecular formula is C17H29N3. The van der Waals surface area contributed by atoms with Crippen LogP contribution in [0.15, 0.2) is 30.3 Å². The van der Waals surface area contributed by atoms with Crippen molar-refractivity contribution in [2.45, 2.75) is 19.4 Å². The van der Waals surface area contributed by atoms with Gasteiger partial charge in [0.1, 0.15) is 0 Å². The number of rotatable bonds is 7. The molecule has 0 bridgehead atoms. The van der Waals surface area contributed by atoms with E-state index in [2.05, 4.69) is 59.5 Å². The lowest BCUT2D eigenvalue weighted by Crippen LogP contribution is -2.37. The Morgan fingerprint density at radius 2 is 1.90 bits per heavy atom. The number of nitrogens with one attached hydrogen (secondary N) is 1. The van der Waals surface area contributed by atoms with E-state index in [-0.39, 0.29) is 0 Å². The van der Waals surface area contributed by atoms with Gasteiger partial charge < -0.3 is 15.1 Å². The zero-order valence-corrected chi connectivity index (χ0v) is 13.0. The molecule has 1 N–H and O–H groups in total. The Kier molecular flexibility index (Phi) is 6.51. The van der Waals surface area contributed by atoms with Gasteiger partial charge in [0.05, 0.1) is 0 Å². The van der Waals surface area contributed by atoms with Gasteiger partial charge in [0.15, 0.2) is 0 Å². The molecule has 20 heavy (non-hydrogen) atoms. The van der Waals surface area contributed by atoms with Crippen molar-refractivity contribution in [1.82, 2.24) is 15.1 Å². The lowest BCUT2D eigenvalue weighted by molar-refractivity contribution is 0.176. The van der Waals surface area contributed by atoms with E-state index in [1.165, 1.54) is 38.0 Å². The van der Waals surface area contributed by atoms with Crippen molar-refractivity contribution in [3.63, 3.8) is 0 Å². The van der Waals surface area contributed by atoms with Crippen LogP contribution in [0.2, 0.25) is 0 Å². The van der Waals surface area contributed by atoms with Gasteiger partial charge in [-0.05, 0) is 51.5 Å².